The lowest BCUT2D eigenvalue weighted by molar-refractivity contribution is 0.217. The second-order valence-electron chi connectivity index (χ2n) is 3.94. The minimum Gasteiger partial charge on any atom is -0.243 e. The number of hydrogen-bond donors (Lipinski definition) is 0. The molecule has 0 aromatic heterocycles. The Hall–Kier alpha value is 0.310. The molecule has 0 fully saturated rings. The predicted molar refractivity (Wildman–Crippen MR) is 54.9 cm³/mol. The fourth-order valence-corrected chi connectivity index (χ4v) is 2.34. The van der Waals surface area contributed by atoms with Crippen molar-refractivity contribution in [1.82, 2.24) is 4.31 Å². The maximum absolute atomic E-state index is 2.45. The summed E-state index contributed by atoms with van der Waals surface area (Å²) in [5.74, 6) is 0. The van der Waals surface area contributed by atoms with E-state index in [-0.39, 0.29) is 5.54 Å². The lowest BCUT2D eigenvalue weighted by Gasteiger charge is -2.37. The van der Waals surface area contributed by atoms with Crippen LogP contribution in [0.3, 0.4) is 0 Å². The van der Waals surface area contributed by atoms with Gasteiger partial charge in [-0.25, -0.2) is 4.31 Å². The van der Waals surface area contributed by atoms with Gasteiger partial charge in [-0.1, -0.05) is 18.9 Å². The van der Waals surface area contributed by atoms with Crippen LogP contribution in [0.15, 0.2) is 0 Å². The molecule has 0 aromatic rings. The van der Waals surface area contributed by atoms with E-state index >= 15 is 0 Å². The van der Waals surface area contributed by atoms with Crippen LogP contribution in [0.1, 0.15) is 41.0 Å². The minimum atomic E-state index is 0.287. The Labute approximate surface area is 75.7 Å². The molecule has 11 heavy (non-hydrogen) atoms. The summed E-state index contributed by atoms with van der Waals surface area (Å²) in [6, 6.07) is 0.671. The van der Waals surface area contributed by atoms with E-state index in [1.807, 2.05) is 11.9 Å². The Morgan fingerprint density at radius 3 is 1.91 bits per heavy atom. The summed E-state index contributed by atoms with van der Waals surface area (Å²) in [4.78, 5) is 0. The summed E-state index contributed by atoms with van der Waals surface area (Å²) in [5, 5.41) is 0. The van der Waals surface area contributed by atoms with Crippen LogP contribution in [0.5, 0.6) is 0 Å². The molecule has 0 saturated carbocycles. The fourth-order valence-electron chi connectivity index (χ4n) is 1.28. The lowest BCUT2D eigenvalue weighted by atomic mass is 10.1. The third-order valence-corrected chi connectivity index (χ3v) is 3.15. The summed E-state index contributed by atoms with van der Waals surface area (Å²) in [6.07, 6.45) is 3.37. The average Bonchev–Trinajstić information content (AvgIpc) is 1.86. The molecule has 1 nitrogen and oxygen atoms in total. The Morgan fingerprint density at radius 1 is 1.36 bits per heavy atom. The summed E-state index contributed by atoms with van der Waals surface area (Å²) in [7, 11) is 0. The molecule has 0 spiro atoms. The van der Waals surface area contributed by atoms with E-state index < -0.39 is 0 Å². The number of rotatable bonds is 3. The fraction of sp³-hybridized carbons (Fsp3) is 1.00. The van der Waals surface area contributed by atoms with Crippen LogP contribution in [0.2, 0.25) is 0 Å². The molecule has 0 aliphatic heterocycles. The molecule has 0 aliphatic carbocycles. The maximum Gasteiger partial charge on any atom is 0.0231 e. The van der Waals surface area contributed by atoms with Crippen molar-refractivity contribution in [3.05, 3.63) is 0 Å². The lowest BCUT2D eigenvalue weighted by Crippen LogP contribution is -2.41. The van der Waals surface area contributed by atoms with Gasteiger partial charge in [-0.05, 0) is 40.4 Å². The summed E-state index contributed by atoms with van der Waals surface area (Å²) < 4.78 is 2.45. The summed E-state index contributed by atoms with van der Waals surface area (Å²) in [5.41, 5.74) is 0.287. The van der Waals surface area contributed by atoms with E-state index in [1.54, 1.807) is 0 Å². The summed E-state index contributed by atoms with van der Waals surface area (Å²) in [6.45, 7) is 11.3. The van der Waals surface area contributed by atoms with Gasteiger partial charge in [-0.3, -0.25) is 0 Å². The topological polar surface area (TPSA) is 3.24 Å². The zero-order valence-corrected chi connectivity index (χ0v) is 9.46. The molecule has 0 bridgehead atoms. The highest BCUT2D eigenvalue weighted by atomic mass is 32.2. The highest BCUT2D eigenvalue weighted by Gasteiger charge is 2.24. The molecule has 1 unspecified atom stereocenters. The van der Waals surface area contributed by atoms with Gasteiger partial charge in [-0.15, -0.1) is 0 Å². The Bertz CT molecular complexity index is 107. The molecular weight excluding hydrogens is 154 g/mol. The van der Waals surface area contributed by atoms with Crippen molar-refractivity contribution in [2.75, 3.05) is 6.26 Å². The predicted octanol–water partition coefficient (Wildman–Crippen LogP) is 3.16. The van der Waals surface area contributed by atoms with E-state index in [4.69, 9.17) is 0 Å². The van der Waals surface area contributed by atoms with Crippen LogP contribution in [0.25, 0.3) is 0 Å². The van der Waals surface area contributed by atoms with Crippen molar-refractivity contribution in [1.29, 1.82) is 0 Å². The molecule has 0 aromatic carbocycles. The number of hydrogen-bond acceptors (Lipinski definition) is 2. The zero-order valence-electron chi connectivity index (χ0n) is 8.64. The van der Waals surface area contributed by atoms with Crippen molar-refractivity contribution < 1.29 is 0 Å². The molecule has 0 aliphatic rings. The van der Waals surface area contributed by atoms with Crippen LogP contribution < -0.4 is 0 Å². The van der Waals surface area contributed by atoms with E-state index in [0.717, 1.165) is 0 Å². The molecule has 0 heterocycles. The Kier molecular flexibility index (Phi) is 4.49. The quantitative estimate of drug-likeness (QED) is 0.606. The normalized spacial score (nSPS) is 15.5. The summed E-state index contributed by atoms with van der Waals surface area (Å²) >= 11 is 1.84. The molecule has 2 heteroatoms. The first-order chi connectivity index (χ1) is 4.93. The Morgan fingerprint density at radius 2 is 1.82 bits per heavy atom. The van der Waals surface area contributed by atoms with Gasteiger partial charge in [-0.2, -0.15) is 0 Å². The van der Waals surface area contributed by atoms with Crippen molar-refractivity contribution in [2.45, 2.75) is 52.6 Å². The number of nitrogens with zero attached hydrogens (tertiary/aromatic N) is 1. The third kappa shape index (κ3) is 3.48. The van der Waals surface area contributed by atoms with Crippen LogP contribution in [0.4, 0.5) is 0 Å². The minimum absolute atomic E-state index is 0.287. The van der Waals surface area contributed by atoms with Crippen molar-refractivity contribution in [3.8, 4) is 0 Å². The monoisotopic (exact) mass is 175 g/mol. The van der Waals surface area contributed by atoms with Crippen LogP contribution >= 0.6 is 11.9 Å². The van der Waals surface area contributed by atoms with Gasteiger partial charge in [0.15, 0.2) is 0 Å². The van der Waals surface area contributed by atoms with Gasteiger partial charge in [0.2, 0.25) is 0 Å². The van der Waals surface area contributed by atoms with Crippen molar-refractivity contribution in [2.24, 2.45) is 0 Å². The van der Waals surface area contributed by atoms with Crippen LogP contribution in [0, 0.1) is 0 Å². The SMILES string of the molecule is CCC(C)N(SC)C(C)(C)C. The molecule has 0 N–H and O–H groups in total. The molecule has 68 valence electrons. The molecular formula is C9H21NS. The van der Waals surface area contributed by atoms with Crippen LogP contribution in [-0.4, -0.2) is 22.1 Å². The molecule has 0 radical (unpaired) electrons. The molecule has 0 amide bonds. The molecule has 1 atom stereocenters. The van der Waals surface area contributed by atoms with Gasteiger partial charge in [0.25, 0.3) is 0 Å². The van der Waals surface area contributed by atoms with Gasteiger partial charge < -0.3 is 0 Å². The Balaban J connectivity index is 4.16. The highest BCUT2D eigenvalue weighted by molar-refractivity contribution is 7.96. The van der Waals surface area contributed by atoms with Crippen molar-refractivity contribution >= 4 is 11.9 Å². The first kappa shape index (κ1) is 11.3. The standard InChI is InChI=1S/C9H21NS/c1-7-8(2)10(11-6)9(3,4)5/h8H,7H2,1-6H3. The second-order valence-corrected chi connectivity index (χ2v) is 4.70. The maximum atomic E-state index is 2.45. The van der Waals surface area contributed by atoms with Gasteiger partial charge in [0.05, 0.1) is 0 Å². The van der Waals surface area contributed by atoms with Gasteiger partial charge in [0, 0.05) is 11.6 Å². The van der Waals surface area contributed by atoms with E-state index in [1.165, 1.54) is 6.42 Å². The molecule has 0 rings (SSSR count). The van der Waals surface area contributed by atoms with Crippen LogP contribution in [-0.2, 0) is 0 Å². The zero-order chi connectivity index (χ0) is 9.07. The smallest absolute Gasteiger partial charge is 0.0231 e. The molecule has 0 saturated heterocycles. The van der Waals surface area contributed by atoms with E-state index in [0.29, 0.717) is 6.04 Å². The first-order valence-corrected chi connectivity index (χ1v) is 5.45. The van der Waals surface area contributed by atoms with Crippen molar-refractivity contribution in [3.63, 3.8) is 0 Å². The van der Waals surface area contributed by atoms with Gasteiger partial charge >= 0.3 is 0 Å². The van der Waals surface area contributed by atoms with E-state index in [2.05, 4.69) is 45.2 Å². The largest absolute Gasteiger partial charge is 0.243 e. The third-order valence-electron chi connectivity index (χ3n) is 1.85. The van der Waals surface area contributed by atoms with Gasteiger partial charge in [0.1, 0.15) is 0 Å². The average molecular weight is 175 g/mol. The second kappa shape index (κ2) is 4.36. The van der Waals surface area contributed by atoms with E-state index in [9.17, 15) is 0 Å². The highest BCUT2D eigenvalue weighted by Crippen LogP contribution is 2.25. The first-order valence-electron chi connectivity index (χ1n) is 4.27.